The molecule has 6 heteroatoms. The van der Waals surface area contributed by atoms with E-state index in [9.17, 15) is 4.79 Å². The molecule has 26 heavy (non-hydrogen) atoms. The number of carbonyl (C=O) groups is 1. The fourth-order valence-electron chi connectivity index (χ4n) is 3.14. The van der Waals surface area contributed by atoms with E-state index in [2.05, 4.69) is 22.3 Å². The summed E-state index contributed by atoms with van der Waals surface area (Å²) in [7, 11) is 0. The van der Waals surface area contributed by atoms with Gasteiger partial charge < -0.3 is 15.1 Å². The summed E-state index contributed by atoms with van der Waals surface area (Å²) in [5.41, 5.74) is 1.70. The Labute approximate surface area is 157 Å². The minimum absolute atomic E-state index is 0.0987. The molecule has 1 saturated heterocycles. The lowest BCUT2D eigenvalue weighted by Crippen LogP contribution is -2.50. The maximum absolute atomic E-state index is 12.4. The third-order valence-electron chi connectivity index (χ3n) is 4.55. The number of nitrogens with one attached hydrogen (secondary N) is 1. The molecule has 1 fully saturated rings. The highest BCUT2D eigenvalue weighted by Crippen LogP contribution is 2.20. The molecule has 0 atom stereocenters. The van der Waals surface area contributed by atoms with E-state index in [4.69, 9.17) is 16.6 Å². The monoisotopic (exact) mass is 366 g/mol. The van der Waals surface area contributed by atoms with Crippen LogP contribution in [0.1, 0.15) is 0 Å². The number of para-hydroxylation sites is 1. The number of fused-ring (bicyclic) bond motifs is 1. The van der Waals surface area contributed by atoms with Crippen molar-refractivity contribution in [1.29, 1.82) is 0 Å². The molecule has 2 amide bonds. The maximum Gasteiger partial charge on any atom is 0.321 e. The number of rotatable bonds is 2. The van der Waals surface area contributed by atoms with Crippen LogP contribution in [-0.2, 0) is 0 Å². The molecule has 1 N–H and O–H groups in total. The number of anilines is 2. The van der Waals surface area contributed by atoms with Crippen LogP contribution in [-0.4, -0.2) is 42.1 Å². The highest BCUT2D eigenvalue weighted by molar-refractivity contribution is 6.30. The smallest absolute Gasteiger partial charge is 0.321 e. The van der Waals surface area contributed by atoms with Crippen molar-refractivity contribution >= 4 is 40.0 Å². The van der Waals surface area contributed by atoms with E-state index in [0.29, 0.717) is 23.8 Å². The van der Waals surface area contributed by atoms with Crippen LogP contribution in [0.5, 0.6) is 0 Å². The third kappa shape index (κ3) is 3.58. The van der Waals surface area contributed by atoms with Gasteiger partial charge in [-0.1, -0.05) is 35.9 Å². The Morgan fingerprint density at radius 1 is 0.962 bits per heavy atom. The molecule has 0 radical (unpaired) electrons. The largest absolute Gasteiger partial charge is 0.353 e. The van der Waals surface area contributed by atoms with Crippen molar-refractivity contribution in [3.05, 3.63) is 65.7 Å². The second-order valence-electron chi connectivity index (χ2n) is 6.28. The van der Waals surface area contributed by atoms with Crippen LogP contribution in [0.4, 0.5) is 16.3 Å². The van der Waals surface area contributed by atoms with Crippen LogP contribution in [0.15, 0.2) is 60.7 Å². The summed E-state index contributed by atoms with van der Waals surface area (Å²) in [6.45, 7) is 2.82. The van der Waals surface area contributed by atoms with Crippen LogP contribution in [0.25, 0.3) is 10.9 Å². The molecule has 4 rings (SSSR count). The topological polar surface area (TPSA) is 48.5 Å². The Bertz CT molecular complexity index is 938. The van der Waals surface area contributed by atoms with Crippen molar-refractivity contribution in [1.82, 2.24) is 9.88 Å². The van der Waals surface area contributed by atoms with Gasteiger partial charge in [-0.05, 0) is 36.4 Å². The first kappa shape index (κ1) is 16.7. The number of hydrogen-bond donors (Lipinski definition) is 1. The lowest BCUT2D eigenvalue weighted by Gasteiger charge is -2.35. The van der Waals surface area contributed by atoms with Crippen molar-refractivity contribution in [3.63, 3.8) is 0 Å². The van der Waals surface area contributed by atoms with Gasteiger partial charge in [0.05, 0.1) is 5.52 Å². The summed E-state index contributed by atoms with van der Waals surface area (Å²) in [4.78, 5) is 21.2. The summed E-state index contributed by atoms with van der Waals surface area (Å²) < 4.78 is 0. The maximum atomic E-state index is 12.4. The molecule has 3 aromatic rings. The standard InChI is InChI=1S/C20H19ClN4O/c21-16-5-3-6-17(14-16)22-20(26)25-12-10-24(11-13-25)19-9-8-15-4-1-2-7-18(15)23-19/h1-9,14H,10-13H2,(H,22,26). The molecule has 2 heterocycles. The third-order valence-corrected chi connectivity index (χ3v) is 4.79. The minimum Gasteiger partial charge on any atom is -0.353 e. The number of amides is 2. The Morgan fingerprint density at radius 2 is 1.77 bits per heavy atom. The Hall–Kier alpha value is -2.79. The van der Waals surface area contributed by atoms with Crippen molar-refractivity contribution in [2.24, 2.45) is 0 Å². The Kier molecular flexibility index (Phi) is 4.63. The second kappa shape index (κ2) is 7.22. The Morgan fingerprint density at radius 3 is 2.58 bits per heavy atom. The summed E-state index contributed by atoms with van der Waals surface area (Å²) in [5.74, 6) is 0.957. The summed E-state index contributed by atoms with van der Waals surface area (Å²) in [6.07, 6.45) is 0. The zero-order valence-electron chi connectivity index (χ0n) is 14.2. The van der Waals surface area contributed by atoms with Crippen LogP contribution in [0, 0.1) is 0 Å². The molecule has 1 aromatic heterocycles. The number of piperazine rings is 1. The van der Waals surface area contributed by atoms with E-state index in [-0.39, 0.29) is 6.03 Å². The van der Waals surface area contributed by atoms with Crippen LogP contribution in [0.2, 0.25) is 5.02 Å². The quantitative estimate of drug-likeness (QED) is 0.737. The average Bonchev–Trinajstić information content (AvgIpc) is 2.68. The van der Waals surface area contributed by atoms with Gasteiger partial charge in [-0.3, -0.25) is 0 Å². The van der Waals surface area contributed by atoms with Crippen molar-refractivity contribution in [2.75, 3.05) is 36.4 Å². The molecule has 0 spiro atoms. The number of pyridine rings is 1. The Balaban J connectivity index is 1.39. The van der Waals surface area contributed by atoms with Gasteiger partial charge in [0.25, 0.3) is 0 Å². The first-order chi connectivity index (χ1) is 12.7. The van der Waals surface area contributed by atoms with Crippen LogP contribution >= 0.6 is 11.6 Å². The average molecular weight is 367 g/mol. The molecule has 0 aliphatic carbocycles. The number of carbonyl (C=O) groups excluding carboxylic acids is 1. The molecule has 0 bridgehead atoms. The SMILES string of the molecule is O=C(Nc1cccc(Cl)c1)N1CCN(c2ccc3ccccc3n2)CC1. The molecule has 0 saturated carbocycles. The van der Waals surface area contributed by atoms with E-state index in [1.54, 1.807) is 12.1 Å². The normalized spacial score (nSPS) is 14.5. The number of nitrogens with zero attached hydrogens (tertiary/aromatic N) is 3. The molecule has 5 nitrogen and oxygen atoms in total. The van der Waals surface area contributed by atoms with Crippen molar-refractivity contribution in [2.45, 2.75) is 0 Å². The molecule has 1 aliphatic heterocycles. The highest BCUT2D eigenvalue weighted by Gasteiger charge is 2.22. The predicted octanol–water partition coefficient (Wildman–Crippen LogP) is 4.24. The van der Waals surface area contributed by atoms with E-state index in [0.717, 1.165) is 29.8 Å². The number of urea groups is 1. The van der Waals surface area contributed by atoms with E-state index in [1.165, 1.54) is 0 Å². The summed E-state index contributed by atoms with van der Waals surface area (Å²) in [5, 5.41) is 4.64. The van der Waals surface area contributed by atoms with Gasteiger partial charge in [-0.25, -0.2) is 9.78 Å². The van der Waals surface area contributed by atoms with Gasteiger partial charge in [0.15, 0.2) is 0 Å². The molecule has 132 valence electrons. The van der Waals surface area contributed by atoms with Gasteiger partial charge in [0.2, 0.25) is 0 Å². The lowest BCUT2D eigenvalue weighted by atomic mass is 10.2. The predicted molar refractivity (Wildman–Crippen MR) is 106 cm³/mol. The highest BCUT2D eigenvalue weighted by atomic mass is 35.5. The summed E-state index contributed by atoms with van der Waals surface area (Å²) >= 11 is 5.96. The second-order valence-corrected chi connectivity index (χ2v) is 6.71. The van der Waals surface area contributed by atoms with E-state index in [1.807, 2.05) is 41.3 Å². The fourth-order valence-corrected chi connectivity index (χ4v) is 3.33. The van der Waals surface area contributed by atoms with Gasteiger partial charge in [0, 0.05) is 42.3 Å². The number of halogens is 1. The first-order valence-corrected chi connectivity index (χ1v) is 8.99. The molecule has 2 aromatic carbocycles. The number of hydrogen-bond acceptors (Lipinski definition) is 3. The van der Waals surface area contributed by atoms with Gasteiger partial charge >= 0.3 is 6.03 Å². The first-order valence-electron chi connectivity index (χ1n) is 8.61. The van der Waals surface area contributed by atoms with Crippen molar-refractivity contribution in [3.8, 4) is 0 Å². The lowest BCUT2D eigenvalue weighted by molar-refractivity contribution is 0.208. The van der Waals surface area contributed by atoms with Crippen molar-refractivity contribution < 1.29 is 4.79 Å². The van der Waals surface area contributed by atoms with E-state index >= 15 is 0 Å². The number of benzene rings is 2. The minimum atomic E-state index is -0.0987. The zero-order chi connectivity index (χ0) is 17.9. The van der Waals surface area contributed by atoms with E-state index < -0.39 is 0 Å². The summed E-state index contributed by atoms with van der Waals surface area (Å²) in [6, 6.07) is 19.3. The van der Waals surface area contributed by atoms with Crippen LogP contribution < -0.4 is 10.2 Å². The zero-order valence-corrected chi connectivity index (χ0v) is 15.0. The van der Waals surface area contributed by atoms with Gasteiger partial charge in [-0.2, -0.15) is 0 Å². The van der Waals surface area contributed by atoms with Gasteiger partial charge in [-0.15, -0.1) is 0 Å². The molecular formula is C20H19ClN4O. The molecule has 0 unspecified atom stereocenters. The molecule has 1 aliphatic rings. The molecular weight excluding hydrogens is 348 g/mol. The number of aromatic nitrogens is 1. The fraction of sp³-hybridized carbons (Fsp3) is 0.200. The van der Waals surface area contributed by atoms with Crippen LogP contribution in [0.3, 0.4) is 0 Å². The van der Waals surface area contributed by atoms with Gasteiger partial charge in [0.1, 0.15) is 5.82 Å².